The SMILES string of the molecule is CCN1C(=O)/C(=C/c2ccc([N+](=O)[O-])cc2)SC1=Nc1ccncc1Cl. The summed E-state index contributed by atoms with van der Waals surface area (Å²) in [6.45, 7) is 2.32. The highest BCUT2D eigenvalue weighted by molar-refractivity contribution is 8.18. The second-order valence-corrected chi connectivity index (χ2v) is 6.65. The van der Waals surface area contributed by atoms with Gasteiger partial charge in [0, 0.05) is 31.1 Å². The highest BCUT2D eigenvalue weighted by Gasteiger charge is 2.32. The Bertz CT molecular complexity index is 928. The van der Waals surface area contributed by atoms with Crippen LogP contribution in [-0.4, -0.2) is 32.4 Å². The molecule has 1 aromatic heterocycles. The molecule has 0 saturated carbocycles. The van der Waals surface area contributed by atoms with Crippen molar-refractivity contribution in [3.05, 3.63) is 68.3 Å². The molecule has 3 rings (SSSR count). The number of aliphatic imine (C=N–C) groups is 1. The highest BCUT2D eigenvalue weighted by Crippen LogP contribution is 2.35. The maximum absolute atomic E-state index is 12.6. The number of nitrogens with zero attached hydrogens (tertiary/aromatic N) is 4. The lowest BCUT2D eigenvalue weighted by Gasteiger charge is -2.12. The van der Waals surface area contributed by atoms with Gasteiger partial charge in [-0.25, -0.2) is 4.99 Å². The Labute approximate surface area is 158 Å². The largest absolute Gasteiger partial charge is 0.287 e. The van der Waals surface area contributed by atoms with Crippen molar-refractivity contribution in [3.8, 4) is 0 Å². The number of nitro groups is 1. The lowest BCUT2D eigenvalue weighted by atomic mass is 10.2. The number of benzene rings is 1. The first-order chi connectivity index (χ1) is 12.5. The zero-order chi connectivity index (χ0) is 18.7. The Balaban J connectivity index is 1.91. The van der Waals surface area contributed by atoms with E-state index in [4.69, 9.17) is 11.6 Å². The van der Waals surface area contributed by atoms with E-state index in [1.165, 1.54) is 30.1 Å². The van der Waals surface area contributed by atoms with Crippen LogP contribution in [0, 0.1) is 10.1 Å². The molecule has 2 aromatic rings. The molecule has 2 heterocycles. The molecule has 0 unspecified atom stereocenters. The third kappa shape index (κ3) is 3.76. The first-order valence-corrected chi connectivity index (χ1v) is 8.83. The second-order valence-electron chi connectivity index (χ2n) is 5.23. The molecule has 7 nitrogen and oxygen atoms in total. The van der Waals surface area contributed by atoms with Gasteiger partial charge in [0.25, 0.3) is 11.6 Å². The third-order valence-corrected chi connectivity index (χ3v) is 4.87. The van der Waals surface area contributed by atoms with E-state index in [9.17, 15) is 14.9 Å². The maximum atomic E-state index is 12.6. The Morgan fingerprint density at radius 1 is 1.35 bits per heavy atom. The van der Waals surface area contributed by atoms with E-state index in [0.717, 1.165) is 0 Å². The minimum absolute atomic E-state index is 0.00215. The van der Waals surface area contributed by atoms with Crippen LogP contribution in [0.3, 0.4) is 0 Å². The van der Waals surface area contributed by atoms with Gasteiger partial charge in [0.05, 0.1) is 20.5 Å². The molecule has 0 atom stereocenters. The molecule has 1 aliphatic rings. The number of carbonyl (C=O) groups excluding carboxylic acids is 1. The summed E-state index contributed by atoms with van der Waals surface area (Å²) in [5.41, 5.74) is 1.24. The summed E-state index contributed by atoms with van der Waals surface area (Å²) < 4.78 is 0. The minimum atomic E-state index is -0.464. The van der Waals surface area contributed by atoms with Crippen LogP contribution in [0.4, 0.5) is 11.4 Å². The monoisotopic (exact) mass is 388 g/mol. The van der Waals surface area contributed by atoms with E-state index in [1.807, 2.05) is 6.92 Å². The first-order valence-electron chi connectivity index (χ1n) is 7.63. The Morgan fingerprint density at radius 3 is 2.69 bits per heavy atom. The van der Waals surface area contributed by atoms with Gasteiger partial charge in [-0.15, -0.1) is 0 Å². The van der Waals surface area contributed by atoms with Gasteiger partial charge in [-0.05, 0) is 48.5 Å². The summed E-state index contributed by atoms with van der Waals surface area (Å²) >= 11 is 7.32. The first kappa shape index (κ1) is 18.1. The number of amides is 1. The number of hydrogen-bond donors (Lipinski definition) is 0. The smallest absolute Gasteiger partial charge is 0.269 e. The van der Waals surface area contributed by atoms with Crippen LogP contribution >= 0.6 is 23.4 Å². The zero-order valence-electron chi connectivity index (χ0n) is 13.6. The summed E-state index contributed by atoms with van der Waals surface area (Å²) in [5, 5.41) is 11.7. The van der Waals surface area contributed by atoms with Crippen LogP contribution in [-0.2, 0) is 4.79 Å². The average Bonchev–Trinajstić information content (AvgIpc) is 2.92. The molecule has 1 saturated heterocycles. The Kier molecular flexibility index (Phi) is 5.34. The molecule has 0 bridgehead atoms. The molecule has 0 N–H and O–H groups in total. The topological polar surface area (TPSA) is 88.7 Å². The van der Waals surface area contributed by atoms with Crippen molar-refractivity contribution in [2.45, 2.75) is 6.92 Å². The Hall–Kier alpha value is -2.71. The standard InChI is InChI=1S/C17H13ClN4O3S/c1-2-21-16(23)15(9-11-3-5-12(6-4-11)22(24)25)26-17(21)20-14-7-8-19-10-13(14)18/h3-10H,2H2,1H3/b15-9-,20-17?. The van der Waals surface area contributed by atoms with Crippen molar-refractivity contribution in [2.75, 3.05) is 6.54 Å². The van der Waals surface area contributed by atoms with Gasteiger partial charge in [0.15, 0.2) is 5.17 Å². The number of non-ortho nitro benzene ring substituents is 1. The van der Waals surface area contributed by atoms with Gasteiger partial charge in [0.2, 0.25) is 0 Å². The fourth-order valence-electron chi connectivity index (χ4n) is 2.28. The van der Waals surface area contributed by atoms with E-state index < -0.39 is 4.92 Å². The summed E-state index contributed by atoms with van der Waals surface area (Å²) in [7, 11) is 0. The fraction of sp³-hybridized carbons (Fsp3) is 0.118. The molecule has 132 valence electrons. The fourth-order valence-corrected chi connectivity index (χ4v) is 3.49. The molecule has 1 amide bonds. The van der Waals surface area contributed by atoms with E-state index in [1.54, 1.807) is 35.4 Å². The maximum Gasteiger partial charge on any atom is 0.269 e. The summed E-state index contributed by atoms with van der Waals surface area (Å²) in [4.78, 5) is 33.3. The van der Waals surface area contributed by atoms with Gasteiger partial charge in [-0.1, -0.05) is 11.6 Å². The van der Waals surface area contributed by atoms with Crippen molar-refractivity contribution < 1.29 is 9.72 Å². The lowest BCUT2D eigenvalue weighted by Crippen LogP contribution is -2.28. The summed E-state index contributed by atoms with van der Waals surface area (Å²) in [6.07, 6.45) is 4.76. The minimum Gasteiger partial charge on any atom is -0.287 e. The molecular weight excluding hydrogens is 376 g/mol. The predicted octanol–water partition coefficient (Wildman–Crippen LogP) is 4.27. The molecule has 1 fully saturated rings. The highest BCUT2D eigenvalue weighted by atomic mass is 35.5. The van der Waals surface area contributed by atoms with Crippen LogP contribution in [0.25, 0.3) is 6.08 Å². The van der Waals surface area contributed by atoms with Crippen LogP contribution in [0.1, 0.15) is 12.5 Å². The number of amidine groups is 1. The third-order valence-electron chi connectivity index (χ3n) is 3.57. The molecule has 0 aliphatic carbocycles. The number of nitro benzene ring substituents is 1. The molecule has 1 aromatic carbocycles. The van der Waals surface area contributed by atoms with Gasteiger partial charge in [-0.2, -0.15) is 0 Å². The van der Waals surface area contributed by atoms with Crippen molar-refractivity contribution in [2.24, 2.45) is 4.99 Å². The number of aromatic nitrogens is 1. The average molecular weight is 389 g/mol. The van der Waals surface area contributed by atoms with Crippen LogP contribution in [0.2, 0.25) is 5.02 Å². The van der Waals surface area contributed by atoms with E-state index in [2.05, 4.69) is 9.98 Å². The van der Waals surface area contributed by atoms with Gasteiger partial charge in [-0.3, -0.25) is 24.8 Å². The van der Waals surface area contributed by atoms with Gasteiger partial charge >= 0.3 is 0 Å². The van der Waals surface area contributed by atoms with Crippen LogP contribution in [0.5, 0.6) is 0 Å². The number of likely N-dealkylation sites (N-methyl/N-ethyl adjacent to an activating group) is 1. The second kappa shape index (κ2) is 7.67. The number of rotatable bonds is 4. The quantitative estimate of drug-likeness (QED) is 0.443. The van der Waals surface area contributed by atoms with Crippen molar-refractivity contribution in [1.29, 1.82) is 0 Å². The van der Waals surface area contributed by atoms with E-state index in [-0.39, 0.29) is 11.6 Å². The van der Waals surface area contributed by atoms with Crippen LogP contribution in [0.15, 0.2) is 52.6 Å². The van der Waals surface area contributed by atoms with E-state index in [0.29, 0.717) is 32.9 Å². The van der Waals surface area contributed by atoms with Gasteiger partial charge in [0.1, 0.15) is 0 Å². The number of hydrogen-bond acceptors (Lipinski definition) is 6. The number of carbonyl (C=O) groups is 1. The molecule has 0 spiro atoms. The zero-order valence-corrected chi connectivity index (χ0v) is 15.2. The normalized spacial score (nSPS) is 17.3. The summed E-state index contributed by atoms with van der Waals surface area (Å²) in [5.74, 6) is -0.167. The van der Waals surface area contributed by atoms with Crippen molar-refractivity contribution in [3.63, 3.8) is 0 Å². The molecule has 9 heteroatoms. The van der Waals surface area contributed by atoms with Crippen LogP contribution < -0.4 is 0 Å². The van der Waals surface area contributed by atoms with Crippen molar-refractivity contribution >= 4 is 51.9 Å². The number of pyridine rings is 1. The van der Waals surface area contributed by atoms with Gasteiger partial charge < -0.3 is 0 Å². The van der Waals surface area contributed by atoms with Crippen molar-refractivity contribution in [1.82, 2.24) is 9.88 Å². The van der Waals surface area contributed by atoms with E-state index >= 15 is 0 Å². The molecule has 1 aliphatic heterocycles. The molecule has 0 radical (unpaired) electrons. The number of halogens is 1. The predicted molar refractivity (Wildman–Crippen MR) is 102 cm³/mol. The Morgan fingerprint density at radius 2 is 2.08 bits per heavy atom. The molecular formula is C17H13ClN4O3S. The summed E-state index contributed by atoms with van der Waals surface area (Å²) in [6, 6.07) is 7.68. The molecule has 26 heavy (non-hydrogen) atoms. The number of thioether (sulfide) groups is 1. The lowest BCUT2D eigenvalue weighted by molar-refractivity contribution is -0.384.